The van der Waals surface area contributed by atoms with Gasteiger partial charge in [-0.15, -0.1) is 0 Å². The van der Waals surface area contributed by atoms with E-state index in [1.165, 1.54) is 11.0 Å². The van der Waals surface area contributed by atoms with Gasteiger partial charge in [0.05, 0.1) is 28.3 Å². The van der Waals surface area contributed by atoms with Gasteiger partial charge in [-0.1, -0.05) is 35.9 Å². The lowest BCUT2D eigenvalue weighted by Gasteiger charge is -2.31. The number of halogens is 1. The van der Waals surface area contributed by atoms with Gasteiger partial charge in [0.25, 0.3) is 0 Å². The predicted octanol–water partition coefficient (Wildman–Crippen LogP) is 2.09. The number of amides is 2. The highest BCUT2D eigenvalue weighted by Gasteiger charge is 2.30. The zero-order chi connectivity index (χ0) is 18.9. The molecule has 26 heavy (non-hydrogen) atoms. The summed E-state index contributed by atoms with van der Waals surface area (Å²) in [5.74, 6) is -0.877. The average Bonchev–Trinajstić information content (AvgIpc) is 2.58. The molecule has 0 aliphatic carbocycles. The van der Waals surface area contributed by atoms with Crippen molar-refractivity contribution in [1.82, 2.24) is 0 Å². The number of carbonyl (C=O) groups is 2. The maximum absolute atomic E-state index is 12.8. The van der Waals surface area contributed by atoms with Gasteiger partial charge >= 0.3 is 0 Å². The molecule has 1 N–H and O–H groups in total. The summed E-state index contributed by atoms with van der Waals surface area (Å²) in [5.41, 5.74) is 1.23. The summed E-state index contributed by atoms with van der Waals surface area (Å²) in [6, 6.07) is 13.2. The van der Waals surface area contributed by atoms with E-state index in [1.54, 1.807) is 42.5 Å². The van der Waals surface area contributed by atoms with Crippen molar-refractivity contribution in [3.8, 4) is 0 Å². The Morgan fingerprint density at radius 1 is 1.19 bits per heavy atom. The number of hydrogen-bond donors (Lipinski definition) is 1. The van der Waals surface area contributed by atoms with E-state index in [9.17, 15) is 18.0 Å². The summed E-state index contributed by atoms with van der Waals surface area (Å²) in [5, 5.41) is 2.89. The molecule has 0 spiro atoms. The van der Waals surface area contributed by atoms with Gasteiger partial charge in [-0.3, -0.25) is 18.8 Å². The second-order valence-electron chi connectivity index (χ2n) is 5.77. The molecule has 1 aliphatic heterocycles. The van der Waals surface area contributed by atoms with Crippen LogP contribution < -0.4 is 14.5 Å². The molecular formula is C17H16ClN3O4S. The topological polar surface area (TPSA) is 86.8 Å². The fourth-order valence-corrected chi connectivity index (χ4v) is 3.85. The first-order chi connectivity index (χ1) is 12.3. The van der Waals surface area contributed by atoms with Crippen molar-refractivity contribution in [1.29, 1.82) is 0 Å². The van der Waals surface area contributed by atoms with Crippen molar-refractivity contribution in [2.45, 2.75) is 0 Å². The largest absolute Gasteiger partial charge is 0.323 e. The number of fused-ring (bicyclic) bond motifs is 1. The molecule has 7 nitrogen and oxygen atoms in total. The van der Waals surface area contributed by atoms with E-state index in [0.29, 0.717) is 11.4 Å². The number of carbonyl (C=O) groups excluding carboxylic acids is 2. The molecule has 0 atom stereocenters. The van der Waals surface area contributed by atoms with Gasteiger partial charge in [0.2, 0.25) is 21.8 Å². The number of nitrogens with zero attached hydrogens (tertiary/aromatic N) is 2. The third kappa shape index (κ3) is 3.66. The molecule has 0 aromatic heterocycles. The fourth-order valence-electron chi connectivity index (χ4n) is 2.70. The molecule has 1 heterocycles. The van der Waals surface area contributed by atoms with Crippen LogP contribution >= 0.6 is 11.6 Å². The Morgan fingerprint density at radius 3 is 2.54 bits per heavy atom. The van der Waals surface area contributed by atoms with Crippen LogP contribution in [0.5, 0.6) is 0 Å². The molecule has 0 radical (unpaired) electrons. The lowest BCUT2D eigenvalue weighted by atomic mass is 10.2. The number of rotatable bonds is 4. The fraction of sp³-hybridized carbons (Fsp3) is 0.176. The Labute approximate surface area is 156 Å². The van der Waals surface area contributed by atoms with Crippen molar-refractivity contribution in [3.05, 3.63) is 53.6 Å². The van der Waals surface area contributed by atoms with Gasteiger partial charge in [-0.2, -0.15) is 0 Å². The van der Waals surface area contributed by atoms with Gasteiger partial charge in [0.15, 0.2) is 0 Å². The molecule has 0 unspecified atom stereocenters. The summed E-state index contributed by atoms with van der Waals surface area (Å²) in [6.45, 7) is -0.653. The van der Waals surface area contributed by atoms with Gasteiger partial charge < -0.3 is 5.32 Å². The van der Waals surface area contributed by atoms with Crippen LogP contribution in [-0.2, 0) is 19.6 Å². The first-order valence-corrected chi connectivity index (χ1v) is 9.91. The molecule has 1 aliphatic rings. The number of sulfonamides is 1. The molecule has 3 rings (SSSR count). The monoisotopic (exact) mass is 393 g/mol. The predicted molar refractivity (Wildman–Crippen MR) is 101 cm³/mol. The summed E-state index contributed by atoms with van der Waals surface area (Å²) >= 11 is 6.10. The van der Waals surface area contributed by atoms with Crippen LogP contribution in [0.25, 0.3) is 0 Å². The van der Waals surface area contributed by atoms with E-state index in [4.69, 9.17) is 11.6 Å². The number of nitrogens with one attached hydrogen (secondary N) is 1. The normalized spacial score (nSPS) is 13.8. The van der Waals surface area contributed by atoms with Crippen LogP contribution in [0.2, 0.25) is 5.02 Å². The summed E-state index contributed by atoms with van der Waals surface area (Å²) in [6.07, 6.45) is 1.00. The number of benzene rings is 2. The minimum absolute atomic E-state index is 0.185. The van der Waals surface area contributed by atoms with Gasteiger partial charge in [0.1, 0.15) is 13.1 Å². The minimum Gasteiger partial charge on any atom is -0.323 e. The van der Waals surface area contributed by atoms with Crippen molar-refractivity contribution < 1.29 is 18.0 Å². The van der Waals surface area contributed by atoms with Gasteiger partial charge in [-0.25, -0.2) is 8.42 Å². The van der Waals surface area contributed by atoms with Crippen LogP contribution in [0, 0.1) is 0 Å². The van der Waals surface area contributed by atoms with Crippen LogP contribution in [0.1, 0.15) is 0 Å². The molecule has 0 fully saturated rings. The zero-order valence-electron chi connectivity index (χ0n) is 13.8. The lowest BCUT2D eigenvalue weighted by molar-refractivity contribution is -0.121. The van der Waals surface area contributed by atoms with Crippen molar-refractivity contribution in [2.24, 2.45) is 0 Å². The molecule has 0 saturated carbocycles. The van der Waals surface area contributed by atoms with E-state index in [-0.39, 0.29) is 23.2 Å². The number of para-hydroxylation sites is 3. The van der Waals surface area contributed by atoms with E-state index < -0.39 is 22.5 Å². The SMILES string of the molecule is CS(=O)(=O)N(CC(=O)N1CC(=O)Nc2ccccc21)c1ccccc1Cl. The first kappa shape index (κ1) is 18.2. The van der Waals surface area contributed by atoms with Crippen molar-refractivity contribution >= 4 is 50.5 Å². The van der Waals surface area contributed by atoms with E-state index in [2.05, 4.69) is 5.32 Å². The molecule has 136 valence electrons. The Bertz CT molecular complexity index is 977. The second kappa shape index (κ2) is 6.97. The summed E-state index contributed by atoms with van der Waals surface area (Å²) < 4.78 is 25.4. The summed E-state index contributed by atoms with van der Waals surface area (Å²) in [7, 11) is -3.76. The van der Waals surface area contributed by atoms with Crippen molar-refractivity contribution in [3.63, 3.8) is 0 Å². The van der Waals surface area contributed by atoms with Gasteiger partial charge in [-0.05, 0) is 24.3 Å². The Morgan fingerprint density at radius 2 is 1.85 bits per heavy atom. The Balaban J connectivity index is 1.95. The molecule has 2 aromatic rings. The molecule has 0 saturated heterocycles. The van der Waals surface area contributed by atoms with Crippen LogP contribution in [-0.4, -0.2) is 39.6 Å². The number of hydrogen-bond acceptors (Lipinski definition) is 4. The highest BCUT2D eigenvalue weighted by Crippen LogP contribution is 2.31. The zero-order valence-corrected chi connectivity index (χ0v) is 15.4. The van der Waals surface area contributed by atoms with Crippen LogP contribution in [0.4, 0.5) is 17.1 Å². The standard InChI is InChI=1S/C17H16ClN3O4S/c1-26(24,25)21(14-8-4-2-6-12(14)18)11-17(23)20-10-16(22)19-13-7-3-5-9-15(13)20/h2-9H,10-11H2,1H3,(H,19,22). The molecule has 0 bridgehead atoms. The highest BCUT2D eigenvalue weighted by atomic mass is 35.5. The smallest absolute Gasteiger partial charge is 0.248 e. The average molecular weight is 394 g/mol. The molecular weight excluding hydrogens is 378 g/mol. The maximum atomic E-state index is 12.8. The van der Waals surface area contributed by atoms with Crippen molar-refractivity contribution in [2.75, 3.05) is 33.9 Å². The highest BCUT2D eigenvalue weighted by molar-refractivity contribution is 7.92. The van der Waals surface area contributed by atoms with E-state index in [0.717, 1.165) is 10.6 Å². The molecule has 2 amide bonds. The Hall–Kier alpha value is -2.58. The van der Waals surface area contributed by atoms with E-state index in [1.807, 2.05) is 0 Å². The van der Waals surface area contributed by atoms with E-state index >= 15 is 0 Å². The second-order valence-corrected chi connectivity index (χ2v) is 8.08. The minimum atomic E-state index is -3.76. The lowest BCUT2D eigenvalue weighted by Crippen LogP contribution is -2.47. The third-order valence-corrected chi connectivity index (χ3v) is 5.32. The quantitative estimate of drug-likeness (QED) is 0.861. The van der Waals surface area contributed by atoms with Crippen LogP contribution in [0.3, 0.4) is 0 Å². The maximum Gasteiger partial charge on any atom is 0.248 e. The van der Waals surface area contributed by atoms with Crippen LogP contribution in [0.15, 0.2) is 48.5 Å². The molecule has 9 heteroatoms. The summed E-state index contributed by atoms with van der Waals surface area (Å²) in [4.78, 5) is 26.0. The first-order valence-electron chi connectivity index (χ1n) is 7.69. The third-order valence-electron chi connectivity index (χ3n) is 3.87. The number of anilines is 3. The Kier molecular flexibility index (Phi) is 4.88. The molecule has 2 aromatic carbocycles. The van der Waals surface area contributed by atoms with Gasteiger partial charge in [0, 0.05) is 0 Å².